The summed E-state index contributed by atoms with van der Waals surface area (Å²) in [5.74, 6) is 0.872. The molecule has 2 fully saturated rings. The largest absolute Gasteiger partial charge is 0.387 e. The van der Waals surface area contributed by atoms with Gasteiger partial charge < -0.3 is 14.6 Å². The third-order valence-electron chi connectivity index (χ3n) is 7.06. The Morgan fingerprint density at radius 3 is 2.69 bits per heavy atom. The lowest BCUT2D eigenvalue weighted by molar-refractivity contribution is -0.157. The highest BCUT2D eigenvalue weighted by molar-refractivity contribution is 6.29. The molecule has 1 saturated heterocycles. The zero-order valence-corrected chi connectivity index (χ0v) is 18.6. The van der Waals surface area contributed by atoms with E-state index in [1.165, 1.54) is 49.1 Å². The molecule has 1 saturated carbocycles. The number of halogens is 1. The van der Waals surface area contributed by atoms with Crippen LogP contribution in [0.4, 0.5) is 0 Å². The Bertz CT molecular complexity index is 788. The Morgan fingerprint density at radius 2 is 2.03 bits per heavy atom. The molecular weight excluding hydrogens is 390 g/mol. The molecule has 1 N–H and O–H groups in total. The number of rotatable bonds is 5. The van der Waals surface area contributed by atoms with Gasteiger partial charge in [0.15, 0.2) is 0 Å². The fourth-order valence-corrected chi connectivity index (χ4v) is 5.17. The zero-order chi connectivity index (χ0) is 21.2. The average molecular weight is 424 g/mol. The summed E-state index contributed by atoms with van der Waals surface area (Å²) in [7, 11) is 0. The molecule has 7 heteroatoms. The average Bonchev–Trinajstić information content (AvgIpc) is 2.67. The van der Waals surface area contributed by atoms with Crippen molar-refractivity contribution < 1.29 is 9.90 Å². The molecule has 162 valence electrons. The van der Waals surface area contributed by atoms with Crippen LogP contribution in [0.5, 0.6) is 0 Å². The molecule has 29 heavy (non-hydrogen) atoms. The standard InChI is InChI=1S/C22H34ClN3O3/c1-16(11-17-7-5-4-6-8-17)20(28)25-10-9-22(29,21(2,3)14-25)15-26-13-18(23)24-12-19(26)27/h12-13,16-17,29H,4-11,14-15H2,1-3H3/t16-,22?/m1/s1. The van der Waals surface area contributed by atoms with Crippen LogP contribution in [0.1, 0.15) is 65.7 Å². The van der Waals surface area contributed by atoms with Gasteiger partial charge in [-0.3, -0.25) is 9.59 Å². The first-order chi connectivity index (χ1) is 13.6. The van der Waals surface area contributed by atoms with Crippen molar-refractivity contribution in [2.75, 3.05) is 13.1 Å². The molecule has 1 amide bonds. The first kappa shape index (κ1) is 22.3. The molecule has 2 atom stereocenters. The van der Waals surface area contributed by atoms with E-state index in [4.69, 9.17) is 11.6 Å². The van der Waals surface area contributed by atoms with E-state index in [9.17, 15) is 14.7 Å². The van der Waals surface area contributed by atoms with Crippen molar-refractivity contribution >= 4 is 17.5 Å². The van der Waals surface area contributed by atoms with Gasteiger partial charge in [0.2, 0.25) is 5.91 Å². The number of carbonyl (C=O) groups is 1. The molecule has 1 unspecified atom stereocenters. The van der Waals surface area contributed by atoms with Crippen molar-refractivity contribution in [1.82, 2.24) is 14.5 Å². The van der Waals surface area contributed by atoms with Crippen LogP contribution in [0, 0.1) is 17.3 Å². The fourth-order valence-electron chi connectivity index (χ4n) is 5.00. The van der Waals surface area contributed by atoms with Gasteiger partial charge >= 0.3 is 0 Å². The molecule has 1 aromatic heterocycles. The summed E-state index contributed by atoms with van der Waals surface area (Å²) in [5, 5.41) is 11.6. The topological polar surface area (TPSA) is 75.4 Å². The van der Waals surface area contributed by atoms with Crippen LogP contribution in [0.15, 0.2) is 17.2 Å². The van der Waals surface area contributed by atoms with Crippen molar-refractivity contribution in [2.45, 2.75) is 77.9 Å². The molecular formula is C22H34ClN3O3. The molecule has 0 spiro atoms. The van der Waals surface area contributed by atoms with E-state index in [-0.39, 0.29) is 29.1 Å². The van der Waals surface area contributed by atoms with Gasteiger partial charge in [-0.2, -0.15) is 0 Å². The van der Waals surface area contributed by atoms with Crippen LogP contribution in [0.25, 0.3) is 0 Å². The van der Waals surface area contributed by atoms with Gasteiger partial charge in [-0.15, -0.1) is 0 Å². The molecule has 2 heterocycles. The fraction of sp³-hybridized carbons (Fsp3) is 0.773. The molecule has 1 aliphatic heterocycles. The van der Waals surface area contributed by atoms with Crippen LogP contribution in [0.3, 0.4) is 0 Å². The third-order valence-corrected chi connectivity index (χ3v) is 7.26. The Morgan fingerprint density at radius 1 is 1.34 bits per heavy atom. The summed E-state index contributed by atoms with van der Waals surface area (Å²) < 4.78 is 1.42. The summed E-state index contributed by atoms with van der Waals surface area (Å²) >= 11 is 5.93. The molecule has 1 aliphatic carbocycles. The maximum absolute atomic E-state index is 13.1. The maximum atomic E-state index is 13.1. The molecule has 0 aromatic carbocycles. The van der Waals surface area contributed by atoms with Crippen molar-refractivity contribution in [3.8, 4) is 0 Å². The van der Waals surface area contributed by atoms with Gasteiger partial charge in [-0.25, -0.2) is 4.98 Å². The second-order valence-corrected chi connectivity index (χ2v) is 10.1. The number of aromatic nitrogens is 2. The number of nitrogens with zero attached hydrogens (tertiary/aromatic N) is 3. The van der Waals surface area contributed by atoms with Crippen molar-refractivity contribution in [3.63, 3.8) is 0 Å². The summed E-state index contributed by atoms with van der Waals surface area (Å²) in [6.07, 6.45) is 10.4. The predicted octanol–water partition coefficient (Wildman–Crippen LogP) is 3.49. The molecule has 0 bridgehead atoms. The Balaban J connectivity index is 1.66. The smallest absolute Gasteiger partial charge is 0.269 e. The minimum absolute atomic E-state index is 0.0155. The highest BCUT2D eigenvalue weighted by Crippen LogP contribution is 2.40. The summed E-state index contributed by atoms with van der Waals surface area (Å²) in [6, 6.07) is 0. The molecule has 2 aliphatic rings. The number of piperidine rings is 1. The van der Waals surface area contributed by atoms with E-state index < -0.39 is 11.0 Å². The first-order valence-corrected chi connectivity index (χ1v) is 11.2. The highest BCUT2D eigenvalue weighted by Gasteiger charge is 2.49. The van der Waals surface area contributed by atoms with Gasteiger partial charge in [-0.1, -0.05) is 64.5 Å². The number of hydrogen-bond acceptors (Lipinski definition) is 4. The van der Waals surface area contributed by atoms with Gasteiger partial charge in [0, 0.05) is 30.6 Å². The normalized spacial score (nSPS) is 26.3. The van der Waals surface area contributed by atoms with E-state index in [0.717, 1.165) is 6.42 Å². The second-order valence-electron chi connectivity index (χ2n) is 9.74. The van der Waals surface area contributed by atoms with Gasteiger partial charge in [0.25, 0.3) is 5.56 Å². The SMILES string of the molecule is C[C@H](CC1CCCCC1)C(=O)N1CCC(O)(Cn2cc(Cl)ncc2=O)C(C)(C)C1. The maximum Gasteiger partial charge on any atom is 0.269 e. The van der Waals surface area contributed by atoms with Gasteiger partial charge in [0.1, 0.15) is 5.15 Å². The van der Waals surface area contributed by atoms with Crippen molar-refractivity contribution in [3.05, 3.63) is 27.9 Å². The van der Waals surface area contributed by atoms with E-state index in [0.29, 0.717) is 25.4 Å². The van der Waals surface area contributed by atoms with Crippen molar-refractivity contribution in [2.24, 2.45) is 17.3 Å². The lowest BCUT2D eigenvalue weighted by atomic mass is 9.69. The van der Waals surface area contributed by atoms with Crippen LogP contribution in [-0.2, 0) is 11.3 Å². The Labute approximate surface area is 178 Å². The lowest BCUT2D eigenvalue weighted by Gasteiger charge is -2.51. The van der Waals surface area contributed by atoms with Crippen LogP contribution in [0.2, 0.25) is 5.15 Å². The molecule has 1 aromatic rings. The van der Waals surface area contributed by atoms with E-state index in [1.54, 1.807) is 0 Å². The van der Waals surface area contributed by atoms with E-state index in [2.05, 4.69) is 4.98 Å². The predicted molar refractivity (Wildman–Crippen MR) is 114 cm³/mol. The third kappa shape index (κ3) is 5.02. The summed E-state index contributed by atoms with van der Waals surface area (Å²) in [5.41, 5.74) is -1.95. The van der Waals surface area contributed by atoms with Crippen LogP contribution < -0.4 is 5.56 Å². The Kier molecular flexibility index (Phi) is 6.74. The second kappa shape index (κ2) is 8.76. The molecule has 3 rings (SSSR count). The number of likely N-dealkylation sites (tertiary alicyclic amines) is 1. The summed E-state index contributed by atoms with van der Waals surface area (Å²) in [6.45, 7) is 7.09. The van der Waals surface area contributed by atoms with Gasteiger partial charge in [0.05, 0.1) is 18.3 Å². The highest BCUT2D eigenvalue weighted by atomic mass is 35.5. The number of hydrogen-bond donors (Lipinski definition) is 1. The minimum atomic E-state index is -1.11. The number of aliphatic hydroxyl groups is 1. The first-order valence-electron chi connectivity index (χ1n) is 10.8. The zero-order valence-electron chi connectivity index (χ0n) is 17.9. The lowest BCUT2D eigenvalue weighted by Crippen LogP contribution is -2.61. The monoisotopic (exact) mass is 423 g/mol. The molecule has 6 nitrogen and oxygen atoms in total. The van der Waals surface area contributed by atoms with Crippen LogP contribution in [-0.4, -0.2) is 44.2 Å². The van der Waals surface area contributed by atoms with E-state index >= 15 is 0 Å². The minimum Gasteiger partial charge on any atom is -0.387 e. The number of amides is 1. The van der Waals surface area contributed by atoms with E-state index in [1.807, 2.05) is 25.7 Å². The Hall–Kier alpha value is -1.40. The van der Waals surface area contributed by atoms with Gasteiger partial charge in [-0.05, 0) is 18.8 Å². The van der Waals surface area contributed by atoms with Crippen LogP contribution >= 0.6 is 11.6 Å². The molecule has 0 radical (unpaired) electrons. The summed E-state index contributed by atoms with van der Waals surface area (Å²) in [4.78, 5) is 30.9. The quantitative estimate of drug-likeness (QED) is 0.786. The number of carbonyl (C=O) groups excluding carboxylic acids is 1. The van der Waals surface area contributed by atoms with Crippen molar-refractivity contribution in [1.29, 1.82) is 0 Å².